The van der Waals surface area contributed by atoms with Crippen LogP contribution in [0.3, 0.4) is 0 Å². The molecule has 0 spiro atoms. The lowest BCUT2D eigenvalue weighted by Crippen LogP contribution is -2.49. The van der Waals surface area contributed by atoms with E-state index in [1.165, 1.54) is 34.6 Å². The second-order valence-electron chi connectivity index (χ2n) is 5.22. The highest BCUT2D eigenvalue weighted by Gasteiger charge is 2.46. The molecule has 0 aliphatic carbocycles. The minimum Gasteiger partial charge on any atom is -0.309 e. The Morgan fingerprint density at radius 1 is 1.14 bits per heavy atom. The van der Waals surface area contributed by atoms with E-state index in [0.29, 0.717) is 0 Å². The number of alkyl halides is 3. The minimum atomic E-state index is -4.72. The molecule has 0 aliphatic heterocycles. The summed E-state index contributed by atoms with van der Waals surface area (Å²) in [7, 11) is -5.86. The summed E-state index contributed by atoms with van der Waals surface area (Å²) in [5, 5.41) is 0. The molecule has 0 saturated carbocycles. The molecule has 0 rings (SSSR count). The maximum Gasteiger partial charge on any atom is 0.405 e. The molecule has 128 valence electrons. The lowest BCUT2D eigenvalue weighted by atomic mass is 10.3. The molecule has 0 aromatic rings. The van der Waals surface area contributed by atoms with E-state index < -0.39 is 41.7 Å². The first-order valence-electron chi connectivity index (χ1n) is 6.48. The zero-order valence-corrected chi connectivity index (χ0v) is 14.5. The highest BCUT2D eigenvalue weighted by molar-refractivity contribution is 7.84. The third-order valence-corrected chi connectivity index (χ3v) is 5.98. The van der Waals surface area contributed by atoms with Crippen molar-refractivity contribution >= 4 is 18.6 Å². The summed E-state index contributed by atoms with van der Waals surface area (Å²) in [5.74, 6) is 0. The molecule has 0 heterocycles. The van der Waals surface area contributed by atoms with Gasteiger partial charge in [-0.15, -0.1) is 0 Å². The summed E-state index contributed by atoms with van der Waals surface area (Å²) >= 11 is 0. The van der Waals surface area contributed by atoms with E-state index in [9.17, 15) is 21.9 Å². The summed E-state index contributed by atoms with van der Waals surface area (Å²) in [6.45, 7) is 7.55. The van der Waals surface area contributed by atoms with Crippen molar-refractivity contribution in [2.24, 2.45) is 0 Å². The SMILES string of the molecule is CCOP(=O)(C[C@H](NS(=O)C(C)(C)C)C(F)(F)F)OCC. The number of halogens is 3. The maximum atomic E-state index is 13.1. The van der Waals surface area contributed by atoms with Gasteiger partial charge in [-0.25, -0.2) is 8.93 Å². The topological polar surface area (TPSA) is 64.6 Å². The van der Waals surface area contributed by atoms with Crippen LogP contribution in [0, 0.1) is 0 Å². The van der Waals surface area contributed by atoms with Crippen LogP contribution in [0.25, 0.3) is 0 Å². The molecule has 21 heavy (non-hydrogen) atoms. The summed E-state index contributed by atoms with van der Waals surface area (Å²) < 4.78 is 74.0. The number of hydrogen-bond donors (Lipinski definition) is 1. The van der Waals surface area contributed by atoms with E-state index in [0.717, 1.165) is 0 Å². The van der Waals surface area contributed by atoms with Gasteiger partial charge < -0.3 is 9.05 Å². The molecule has 10 heteroatoms. The van der Waals surface area contributed by atoms with Gasteiger partial charge in [-0.3, -0.25) is 4.57 Å². The maximum absolute atomic E-state index is 13.1. The fourth-order valence-corrected chi connectivity index (χ4v) is 4.04. The number of nitrogens with one attached hydrogen (secondary N) is 1. The normalized spacial score (nSPS) is 16.8. The molecule has 1 unspecified atom stereocenters. The largest absolute Gasteiger partial charge is 0.405 e. The molecule has 2 atom stereocenters. The van der Waals surface area contributed by atoms with Gasteiger partial charge in [-0.05, 0) is 34.6 Å². The zero-order chi connectivity index (χ0) is 16.9. The molecule has 0 aliphatic rings. The van der Waals surface area contributed by atoms with Gasteiger partial charge in [0.05, 0.1) is 35.1 Å². The van der Waals surface area contributed by atoms with Crippen LogP contribution in [0.4, 0.5) is 13.2 Å². The summed E-state index contributed by atoms with van der Waals surface area (Å²) in [5.41, 5.74) is 0. The van der Waals surface area contributed by atoms with Gasteiger partial charge in [0.25, 0.3) is 0 Å². The molecule has 0 bridgehead atoms. The third-order valence-electron chi connectivity index (χ3n) is 2.26. The lowest BCUT2D eigenvalue weighted by molar-refractivity contribution is -0.146. The van der Waals surface area contributed by atoms with Crippen molar-refractivity contribution in [2.45, 2.75) is 51.6 Å². The van der Waals surface area contributed by atoms with Crippen molar-refractivity contribution in [2.75, 3.05) is 19.4 Å². The molecule has 0 aromatic carbocycles. The van der Waals surface area contributed by atoms with E-state index in [1.807, 2.05) is 4.72 Å². The van der Waals surface area contributed by atoms with Gasteiger partial charge in [-0.1, -0.05) is 0 Å². The first-order chi connectivity index (χ1) is 9.35. The highest BCUT2D eigenvalue weighted by Crippen LogP contribution is 2.50. The third kappa shape index (κ3) is 7.74. The Morgan fingerprint density at radius 2 is 1.57 bits per heavy atom. The molecule has 0 aromatic heterocycles. The van der Waals surface area contributed by atoms with Crippen LogP contribution in [-0.2, 0) is 24.6 Å². The first kappa shape index (κ1) is 21.0. The Hall–Kier alpha value is 0.0500. The number of hydrogen-bond acceptors (Lipinski definition) is 4. The van der Waals surface area contributed by atoms with Crippen LogP contribution in [-0.4, -0.2) is 40.5 Å². The van der Waals surface area contributed by atoms with Gasteiger partial charge in [0.2, 0.25) is 0 Å². The van der Waals surface area contributed by atoms with E-state index in [2.05, 4.69) is 0 Å². The summed E-state index contributed by atoms with van der Waals surface area (Å²) in [6.07, 6.45) is -5.63. The summed E-state index contributed by atoms with van der Waals surface area (Å²) in [4.78, 5) is 0. The molecule has 0 radical (unpaired) electrons. The van der Waals surface area contributed by atoms with Crippen LogP contribution in [0.2, 0.25) is 0 Å². The van der Waals surface area contributed by atoms with Crippen molar-refractivity contribution in [3.63, 3.8) is 0 Å². The zero-order valence-electron chi connectivity index (χ0n) is 12.8. The highest BCUT2D eigenvalue weighted by atomic mass is 32.2. The van der Waals surface area contributed by atoms with Crippen LogP contribution in [0.5, 0.6) is 0 Å². The van der Waals surface area contributed by atoms with Gasteiger partial charge in [0.15, 0.2) is 0 Å². The molecule has 0 amide bonds. The standard InChI is InChI=1S/C11H23F3NO4PS/c1-6-18-20(16,19-7-2)8-9(11(12,13)14)15-21(17)10(3,4)5/h9,15H,6-8H2,1-5H3/t9-,21?/m0/s1. The summed E-state index contributed by atoms with van der Waals surface area (Å²) in [6, 6.07) is -2.23. The fraction of sp³-hybridized carbons (Fsp3) is 1.00. The van der Waals surface area contributed by atoms with Gasteiger partial charge in [0, 0.05) is 0 Å². The van der Waals surface area contributed by atoms with Gasteiger partial charge >= 0.3 is 13.8 Å². The van der Waals surface area contributed by atoms with Crippen molar-refractivity contribution < 1.29 is 31.0 Å². The molecule has 1 N–H and O–H groups in total. The minimum absolute atomic E-state index is 0.0375. The van der Waals surface area contributed by atoms with E-state index >= 15 is 0 Å². The second kappa shape index (κ2) is 8.06. The van der Waals surface area contributed by atoms with Gasteiger partial charge in [-0.2, -0.15) is 13.2 Å². The Bertz CT molecular complexity index is 388. The van der Waals surface area contributed by atoms with E-state index in [1.54, 1.807) is 0 Å². The van der Waals surface area contributed by atoms with Crippen molar-refractivity contribution in [1.29, 1.82) is 0 Å². The van der Waals surface area contributed by atoms with E-state index in [-0.39, 0.29) is 13.2 Å². The fourth-order valence-electron chi connectivity index (χ4n) is 1.27. The molecular weight excluding hydrogens is 330 g/mol. The molecular formula is C11H23F3NO4PS. The van der Waals surface area contributed by atoms with Crippen LogP contribution in [0.1, 0.15) is 34.6 Å². The van der Waals surface area contributed by atoms with Crippen molar-refractivity contribution in [1.82, 2.24) is 4.72 Å². The Balaban J connectivity index is 5.18. The smallest absolute Gasteiger partial charge is 0.309 e. The average molecular weight is 353 g/mol. The molecule has 5 nitrogen and oxygen atoms in total. The average Bonchev–Trinajstić information content (AvgIpc) is 2.25. The van der Waals surface area contributed by atoms with Gasteiger partial charge in [0.1, 0.15) is 6.04 Å². The van der Waals surface area contributed by atoms with E-state index in [4.69, 9.17) is 9.05 Å². The Labute approximate surface area is 126 Å². The van der Waals surface area contributed by atoms with Crippen molar-refractivity contribution in [3.05, 3.63) is 0 Å². The predicted octanol–water partition coefficient (Wildman–Crippen LogP) is 3.24. The van der Waals surface area contributed by atoms with Crippen LogP contribution < -0.4 is 4.72 Å². The molecule has 0 fully saturated rings. The van der Waals surface area contributed by atoms with Crippen molar-refractivity contribution in [3.8, 4) is 0 Å². The monoisotopic (exact) mass is 353 g/mol. The van der Waals surface area contributed by atoms with Crippen LogP contribution in [0.15, 0.2) is 0 Å². The number of rotatable bonds is 8. The quantitative estimate of drug-likeness (QED) is 0.681. The van der Waals surface area contributed by atoms with Crippen LogP contribution >= 0.6 is 7.60 Å². The lowest BCUT2D eigenvalue weighted by Gasteiger charge is -2.28. The predicted molar refractivity (Wildman–Crippen MR) is 76.6 cm³/mol. The second-order valence-corrected chi connectivity index (χ2v) is 9.32. The Morgan fingerprint density at radius 3 is 1.86 bits per heavy atom. The molecule has 0 saturated heterocycles. The Kier molecular flexibility index (Phi) is 8.08. The first-order valence-corrected chi connectivity index (χ1v) is 9.36.